The van der Waals surface area contributed by atoms with E-state index in [4.69, 9.17) is 15.3 Å². The van der Waals surface area contributed by atoms with Crippen LogP contribution >= 0.6 is 0 Å². The van der Waals surface area contributed by atoms with Gasteiger partial charge in [0.25, 0.3) is 5.97 Å². The molecule has 0 rings (SSSR count). The number of rotatable bonds is 1. The summed E-state index contributed by atoms with van der Waals surface area (Å²) < 4.78 is 0. The summed E-state index contributed by atoms with van der Waals surface area (Å²) in [7, 11) is 0. The van der Waals surface area contributed by atoms with Crippen LogP contribution in [0.25, 0.3) is 0 Å². The molecule has 0 heterocycles. The molecule has 0 spiro atoms. The standard InChI is InChI=1S/C3H7O3/c1-2-3(4,5)6/h2,4-6H,1H3. The Bertz CT molecular complexity index is 35.8. The molecule has 0 amide bonds. The van der Waals surface area contributed by atoms with Gasteiger partial charge in [0.05, 0.1) is 0 Å². The van der Waals surface area contributed by atoms with Gasteiger partial charge in [0.1, 0.15) is 0 Å². The highest BCUT2D eigenvalue weighted by molar-refractivity contribution is 4.62. The second-order valence-electron chi connectivity index (χ2n) is 0.976. The third-order valence-electron chi connectivity index (χ3n) is 0.387. The van der Waals surface area contributed by atoms with Gasteiger partial charge in [-0.15, -0.1) is 0 Å². The third-order valence-corrected chi connectivity index (χ3v) is 0.387. The highest BCUT2D eigenvalue weighted by Crippen LogP contribution is 1.93. The van der Waals surface area contributed by atoms with Crippen molar-refractivity contribution >= 4 is 0 Å². The number of aliphatic hydroxyl groups is 3. The van der Waals surface area contributed by atoms with Crippen molar-refractivity contribution in [3.63, 3.8) is 0 Å². The molecule has 0 aromatic rings. The SMILES string of the molecule is C[CH]C(O)(O)O. The van der Waals surface area contributed by atoms with Gasteiger partial charge in [-0.2, -0.15) is 0 Å². The van der Waals surface area contributed by atoms with Crippen molar-refractivity contribution in [3.8, 4) is 0 Å². The summed E-state index contributed by atoms with van der Waals surface area (Å²) in [6.07, 6.45) is 0.854. The first kappa shape index (κ1) is 5.88. The van der Waals surface area contributed by atoms with Crippen molar-refractivity contribution in [2.45, 2.75) is 12.9 Å². The molecular weight excluding hydrogens is 84.0 g/mol. The van der Waals surface area contributed by atoms with Crippen molar-refractivity contribution in [2.75, 3.05) is 0 Å². The van der Waals surface area contributed by atoms with Gasteiger partial charge in [0.2, 0.25) is 0 Å². The van der Waals surface area contributed by atoms with Gasteiger partial charge >= 0.3 is 0 Å². The van der Waals surface area contributed by atoms with Gasteiger partial charge in [-0.25, -0.2) is 0 Å². The minimum absolute atomic E-state index is 0.854. The van der Waals surface area contributed by atoms with E-state index in [2.05, 4.69) is 0 Å². The molecule has 3 nitrogen and oxygen atoms in total. The van der Waals surface area contributed by atoms with E-state index in [-0.39, 0.29) is 0 Å². The lowest BCUT2D eigenvalue weighted by atomic mass is 10.4. The topological polar surface area (TPSA) is 60.7 Å². The molecule has 0 bridgehead atoms. The van der Waals surface area contributed by atoms with E-state index in [0.717, 1.165) is 6.42 Å². The molecule has 1 radical (unpaired) electrons. The van der Waals surface area contributed by atoms with Crippen LogP contribution in [0.15, 0.2) is 0 Å². The van der Waals surface area contributed by atoms with Crippen molar-refractivity contribution in [2.24, 2.45) is 0 Å². The molecule has 6 heavy (non-hydrogen) atoms. The van der Waals surface area contributed by atoms with Crippen LogP contribution < -0.4 is 0 Å². The summed E-state index contributed by atoms with van der Waals surface area (Å²) in [5.41, 5.74) is 0. The summed E-state index contributed by atoms with van der Waals surface area (Å²) in [4.78, 5) is 0. The fourth-order valence-corrected chi connectivity index (χ4v) is 0. The molecule has 3 heteroatoms. The quantitative estimate of drug-likeness (QED) is 0.357. The first-order valence-electron chi connectivity index (χ1n) is 1.54. The van der Waals surface area contributed by atoms with Crippen LogP contribution in [0.1, 0.15) is 6.92 Å². The molecule has 0 fully saturated rings. The number of hydrogen-bond acceptors (Lipinski definition) is 3. The lowest BCUT2D eigenvalue weighted by Crippen LogP contribution is -2.25. The molecule has 0 saturated carbocycles. The van der Waals surface area contributed by atoms with Crippen LogP contribution in [0.4, 0.5) is 0 Å². The van der Waals surface area contributed by atoms with Crippen molar-refractivity contribution in [3.05, 3.63) is 6.42 Å². The predicted octanol–water partition coefficient (Wildman–Crippen LogP) is -1.16. The van der Waals surface area contributed by atoms with Crippen LogP contribution in [-0.4, -0.2) is 21.3 Å². The lowest BCUT2D eigenvalue weighted by molar-refractivity contribution is -0.285. The smallest absolute Gasteiger partial charge is 0.278 e. The predicted molar refractivity (Wildman–Crippen MR) is 19.4 cm³/mol. The first-order chi connectivity index (χ1) is 2.56. The maximum Gasteiger partial charge on any atom is 0.278 e. The summed E-state index contributed by atoms with van der Waals surface area (Å²) in [5.74, 6) is -2.58. The Morgan fingerprint density at radius 2 is 1.50 bits per heavy atom. The van der Waals surface area contributed by atoms with Crippen LogP contribution in [-0.2, 0) is 0 Å². The molecule has 0 aromatic carbocycles. The zero-order valence-electron chi connectivity index (χ0n) is 3.42. The zero-order chi connectivity index (χ0) is 5.21. The molecule has 0 aliphatic rings. The second-order valence-corrected chi connectivity index (χ2v) is 0.976. The second kappa shape index (κ2) is 1.55. The van der Waals surface area contributed by atoms with Crippen LogP contribution in [0, 0.1) is 6.42 Å². The fraction of sp³-hybridized carbons (Fsp3) is 0.667. The average molecular weight is 91.1 g/mol. The third kappa shape index (κ3) is 3.88. The number of hydrogen-bond donors (Lipinski definition) is 3. The Balaban J connectivity index is 3.17. The molecule has 0 atom stereocenters. The highest BCUT2D eigenvalue weighted by atomic mass is 16.7. The van der Waals surface area contributed by atoms with Gasteiger partial charge in [0, 0.05) is 6.42 Å². The van der Waals surface area contributed by atoms with E-state index in [0.29, 0.717) is 0 Å². The molecule has 3 N–H and O–H groups in total. The molecule has 0 aliphatic carbocycles. The van der Waals surface area contributed by atoms with Gasteiger partial charge in [-0.3, -0.25) is 0 Å². The normalized spacial score (nSPS) is 12.0. The molecule has 37 valence electrons. The van der Waals surface area contributed by atoms with Gasteiger partial charge in [-0.05, 0) is 0 Å². The minimum Gasteiger partial charge on any atom is -0.343 e. The Morgan fingerprint density at radius 1 is 1.33 bits per heavy atom. The van der Waals surface area contributed by atoms with E-state index >= 15 is 0 Å². The first-order valence-corrected chi connectivity index (χ1v) is 1.54. The largest absolute Gasteiger partial charge is 0.343 e. The Labute approximate surface area is 35.9 Å². The maximum atomic E-state index is 7.88. The average Bonchev–Trinajstić information content (AvgIpc) is 1.35. The highest BCUT2D eigenvalue weighted by Gasteiger charge is 2.12. The Kier molecular flexibility index (Phi) is 1.52. The van der Waals surface area contributed by atoms with Crippen molar-refractivity contribution in [1.82, 2.24) is 0 Å². The van der Waals surface area contributed by atoms with Crippen LogP contribution in [0.2, 0.25) is 0 Å². The molecular formula is C3H7O3. The monoisotopic (exact) mass is 91.0 g/mol. The molecule has 0 unspecified atom stereocenters. The van der Waals surface area contributed by atoms with Crippen LogP contribution in [0.3, 0.4) is 0 Å². The molecule has 0 aliphatic heterocycles. The Hall–Kier alpha value is -0.120. The van der Waals surface area contributed by atoms with E-state index in [1.165, 1.54) is 6.92 Å². The lowest BCUT2D eigenvalue weighted by Gasteiger charge is -2.07. The summed E-state index contributed by atoms with van der Waals surface area (Å²) in [6, 6.07) is 0. The van der Waals surface area contributed by atoms with Crippen molar-refractivity contribution < 1.29 is 15.3 Å². The maximum absolute atomic E-state index is 7.88. The fourth-order valence-electron chi connectivity index (χ4n) is 0. The minimum atomic E-state index is -2.58. The zero-order valence-corrected chi connectivity index (χ0v) is 3.42. The summed E-state index contributed by atoms with van der Waals surface area (Å²) in [6.45, 7) is 1.33. The van der Waals surface area contributed by atoms with E-state index in [1.54, 1.807) is 0 Å². The summed E-state index contributed by atoms with van der Waals surface area (Å²) in [5, 5.41) is 23.6. The van der Waals surface area contributed by atoms with E-state index in [9.17, 15) is 0 Å². The molecule has 0 aromatic heterocycles. The van der Waals surface area contributed by atoms with Gasteiger partial charge < -0.3 is 15.3 Å². The van der Waals surface area contributed by atoms with Gasteiger partial charge in [-0.1, -0.05) is 6.92 Å². The van der Waals surface area contributed by atoms with E-state index < -0.39 is 5.97 Å². The van der Waals surface area contributed by atoms with Crippen molar-refractivity contribution in [1.29, 1.82) is 0 Å². The van der Waals surface area contributed by atoms with Crippen LogP contribution in [0.5, 0.6) is 0 Å². The van der Waals surface area contributed by atoms with Gasteiger partial charge in [0.15, 0.2) is 0 Å². The summed E-state index contributed by atoms with van der Waals surface area (Å²) >= 11 is 0. The molecule has 0 saturated heterocycles. The Morgan fingerprint density at radius 3 is 1.50 bits per heavy atom. The van der Waals surface area contributed by atoms with E-state index in [1.807, 2.05) is 0 Å².